The summed E-state index contributed by atoms with van der Waals surface area (Å²) in [7, 11) is 0. The van der Waals surface area contributed by atoms with Crippen molar-refractivity contribution in [2.24, 2.45) is 0 Å². The van der Waals surface area contributed by atoms with Gasteiger partial charge in [0, 0.05) is 23.7 Å². The van der Waals surface area contributed by atoms with Crippen molar-refractivity contribution in [2.45, 2.75) is 26.8 Å². The van der Waals surface area contributed by atoms with Crippen molar-refractivity contribution in [3.8, 4) is 11.5 Å². The number of aromatic nitrogens is 1. The van der Waals surface area contributed by atoms with Gasteiger partial charge in [-0.1, -0.05) is 13.0 Å². The van der Waals surface area contributed by atoms with Crippen LogP contribution in [-0.2, 0) is 6.54 Å². The first-order valence-electron chi connectivity index (χ1n) is 6.53. The molecule has 0 atom stereocenters. The van der Waals surface area contributed by atoms with Gasteiger partial charge in [0.05, 0.1) is 10.6 Å². The van der Waals surface area contributed by atoms with E-state index >= 15 is 0 Å². The zero-order valence-electron chi connectivity index (χ0n) is 11.5. The minimum Gasteiger partial charge on any atom is -0.444 e. The second-order valence-electron chi connectivity index (χ2n) is 4.53. The van der Waals surface area contributed by atoms with E-state index in [1.807, 2.05) is 0 Å². The topological polar surface area (TPSA) is 81.2 Å². The summed E-state index contributed by atoms with van der Waals surface area (Å²) in [6.45, 7) is 5.34. The number of nitro benzene ring substituents is 1. The largest absolute Gasteiger partial charge is 0.444 e. The van der Waals surface area contributed by atoms with Gasteiger partial charge in [-0.3, -0.25) is 10.1 Å². The molecule has 1 heterocycles. The van der Waals surface area contributed by atoms with E-state index in [0.717, 1.165) is 18.7 Å². The molecule has 0 saturated carbocycles. The number of nitrogens with one attached hydrogen (secondary N) is 1. The van der Waals surface area contributed by atoms with Gasteiger partial charge in [0.15, 0.2) is 0 Å². The second kappa shape index (κ2) is 6.29. The highest BCUT2D eigenvalue weighted by Crippen LogP contribution is 2.29. The molecule has 0 saturated heterocycles. The Kier molecular flexibility index (Phi) is 4.47. The monoisotopic (exact) mass is 275 g/mol. The van der Waals surface area contributed by atoms with Crippen LogP contribution in [0.1, 0.15) is 24.6 Å². The summed E-state index contributed by atoms with van der Waals surface area (Å²) >= 11 is 0. The minimum absolute atomic E-state index is 0.0753. The molecule has 1 aromatic carbocycles. The highest BCUT2D eigenvalue weighted by molar-refractivity contribution is 5.64. The van der Waals surface area contributed by atoms with Crippen molar-refractivity contribution < 1.29 is 9.34 Å². The fourth-order valence-electron chi connectivity index (χ4n) is 1.96. The third-order valence-corrected chi connectivity index (χ3v) is 3.02. The maximum Gasteiger partial charge on any atom is 0.273 e. The average molecular weight is 275 g/mol. The Bertz CT molecular complexity index is 607. The van der Waals surface area contributed by atoms with Gasteiger partial charge in [0.1, 0.15) is 6.26 Å². The van der Waals surface area contributed by atoms with Crippen LogP contribution in [0, 0.1) is 17.0 Å². The lowest BCUT2D eigenvalue weighted by Crippen LogP contribution is -2.13. The third-order valence-electron chi connectivity index (χ3n) is 3.02. The van der Waals surface area contributed by atoms with Gasteiger partial charge >= 0.3 is 0 Å². The van der Waals surface area contributed by atoms with Crippen LogP contribution in [0.15, 0.2) is 28.9 Å². The number of oxazole rings is 1. The summed E-state index contributed by atoms with van der Waals surface area (Å²) < 4.78 is 5.42. The lowest BCUT2D eigenvalue weighted by molar-refractivity contribution is -0.385. The van der Waals surface area contributed by atoms with Crippen LogP contribution in [0.25, 0.3) is 11.5 Å². The average Bonchev–Trinajstić information content (AvgIpc) is 2.87. The number of nitro groups is 1. The molecule has 0 aliphatic carbocycles. The number of rotatable bonds is 6. The molecule has 2 aromatic rings. The van der Waals surface area contributed by atoms with Gasteiger partial charge in [0.2, 0.25) is 5.89 Å². The third kappa shape index (κ3) is 3.03. The van der Waals surface area contributed by atoms with Crippen LogP contribution in [0.4, 0.5) is 5.69 Å². The Labute approximate surface area is 117 Å². The van der Waals surface area contributed by atoms with Gasteiger partial charge in [-0.25, -0.2) is 4.98 Å². The van der Waals surface area contributed by atoms with Crippen LogP contribution in [-0.4, -0.2) is 16.5 Å². The normalized spacial score (nSPS) is 10.7. The van der Waals surface area contributed by atoms with Crippen LogP contribution < -0.4 is 5.32 Å². The first-order valence-corrected chi connectivity index (χ1v) is 6.53. The molecule has 0 fully saturated rings. The Morgan fingerprint density at radius 1 is 1.45 bits per heavy atom. The Morgan fingerprint density at radius 3 is 2.95 bits per heavy atom. The van der Waals surface area contributed by atoms with Crippen LogP contribution >= 0.6 is 0 Å². The molecular weight excluding hydrogens is 258 g/mol. The Balaban J connectivity index is 2.24. The zero-order chi connectivity index (χ0) is 14.5. The smallest absolute Gasteiger partial charge is 0.273 e. The molecule has 1 N–H and O–H groups in total. The molecule has 0 aliphatic heterocycles. The van der Waals surface area contributed by atoms with Crippen molar-refractivity contribution in [3.05, 3.63) is 45.8 Å². The molecule has 0 unspecified atom stereocenters. The quantitative estimate of drug-likeness (QED) is 0.498. The predicted octanol–water partition coefficient (Wildman–Crippen LogP) is 3.06. The number of nitrogens with zero attached hydrogens (tertiary/aromatic N) is 2. The summed E-state index contributed by atoms with van der Waals surface area (Å²) in [6, 6.07) is 4.89. The minimum atomic E-state index is -0.397. The van der Waals surface area contributed by atoms with E-state index in [1.165, 1.54) is 6.07 Å². The van der Waals surface area contributed by atoms with Gasteiger partial charge < -0.3 is 9.73 Å². The Hall–Kier alpha value is -2.21. The molecule has 6 nitrogen and oxygen atoms in total. The Morgan fingerprint density at radius 2 is 2.25 bits per heavy atom. The van der Waals surface area contributed by atoms with E-state index in [-0.39, 0.29) is 5.69 Å². The van der Waals surface area contributed by atoms with Gasteiger partial charge in [-0.05, 0) is 26.0 Å². The van der Waals surface area contributed by atoms with Gasteiger partial charge in [-0.15, -0.1) is 0 Å². The molecular formula is C14H17N3O3. The maximum atomic E-state index is 10.9. The molecule has 0 amide bonds. The van der Waals surface area contributed by atoms with Crippen LogP contribution in [0.2, 0.25) is 0 Å². The molecule has 20 heavy (non-hydrogen) atoms. The molecule has 2 rings (SSSR count). The van der Waals surface area contributed by atoms with Crippen LogP contribution in [0.3, 0.4) is 0 Å². The highest BCUT2D eigenvalue weighted by Gasteiger charge is 2.17. The van der Waals surface area contributed by atoms with E-state index in [9.17, 15) is 10.1 Å². The van der Waals surface area contributed by atoms with Crippen molar-refractivity contribution in [2.75, 3.05) is 6.54 Å². The first kappa shape index (κ1) is 14.2. The highest BCUT2D eigenvalue weighted by atomic mass is 16.6. The van der Waals surface area contributed by atoms with E-state index in [4.69, 9.17) is 4.42 Å². The molecule has 6 heteroatoms. The summed E-state index contributed by atoms with van der Waals surface area (Å²) in [4.78, 5) is 14.9. The molecule has 0 spiro atoms. The summed E-state index contributed by atoms with van der Waals surface area (Å²) in [6.07, 6.45) is 2.63. The van der Waals surface area contributed by atoms with Crippen molar-refractivity contribution in [3.63, 3.8) is 0 Å². The summed E-state index contributed by atoms with van der Waals surface area (Å²) in [5, 5.41) is 14.2. The standard InChI is InChI=1S/C14H17N3O3/c1-3-7-15-8-11-9-20-14(16-11)12-5-4-6-13(10(12)2)17(18)19/h4-6,9,15H,3,7-8H2,1-2H3. The molecule has 106 valence electrons. The fraction of sp³-hybridized carbons (Fsp3) is 0.357. The van der Waals surface area contributed by atoms with Crippen molar-refractivity contribution in [1.82, 2.24) is 10.3 Å². The molecule has 0 bridgehead atoms. The molecule has 0 aliphatic rings. The number of hydrogen-bond acceptors (Lipinski definition) is 5. The zero-order valence-corrected chi connectivity index (χ0v) is 11.5. The lowest BCUT2D eigenvalue weighted by atomic mass is 10.1. The van der Waals surface area contributed by atoms with E-state index in [0.29, 0.717) is 23.6 Å². The second-order valence-corrected chi connectivity index (χ2v) is 4.53. The van der Waals surface area contributed by atoms with E-state index in [1.54, 1.807) is 25.3 Å². The fourth-order valence-corrected chi connectivity index (χ4v) is 1.96. The molecule has 1 aromatic heterocycles. The lowest BCUT2D eigenvalue weighted by Gasteiger charge is -2.02. The number of benzene rings is 1. The van der Waals surface area contributed by atoms with E-state index < -0.39 is 4.92 Å². The first-order chi connectivity index (χ1) is 9.63. The molecule has 0 radical (unpaired) electrons. The predicted molar refractivity (Wildman–Crippen MR) is 75.3 cm³/mol. The van der Waals surface area contributed by atoms with E-state index in [2.05, 4.69) is 17.2 Å². The summed E-state index contributed by atoms with van der Waals surface area (Å²) in [5.41, 5.74) is 2.08. The maximum absolute atomic E-state index is 10.9. The number of hydrogen-bond donors (Lipinski definition) is 1. The van der Waals surface area contributed by atoms with Gasteiger partial charge in [-0.2, -0.15) is 0 Å². The van der Waals surface area contributed by atoms with Crippen molar-refractivity contribution in [1.29, 1.82) is 0 Å². The van der Waals surface area contributed by atoms with Crippen molar-refractivity contribution >= 4 is 5.69 Å². The summed E-state index contributed by atoms with van der Waals surface area (Å²) in [5.74, 6) is 0.416. The van der Waals surface area contributed by atoms with Gasteiger partial charge in [0.25, 0.3) is 5.69 Å². The SMILES string of the molecule is CCCNCc1coc(-c2cccc([N+](=O)[O-])c2C)n1. The van der Waals surface area contributed by atoms with Crippen LogP contribution in [0.5, 0.6) is 0 Å².